The number of nitrogens with zero attached hydrogens (tertiary/aromatic N) is 1. The molecule has 3 rings (SSSR count). The van der Waals surface area contributed by atoms with Crippen LogP contribution in [0.2, 0.25) is 0 Å². The molecule has 0 saturated carbocycles. The molecule has 0 aromatic heterocycles. The third kappa shape index (κ3) is 4.29. The van der Waals surface area contributed by atoms with E-state index in [2.05, 4.69) is 0 Å². The van der Waals surface area contributed by atoms with Gasteiger partial charge in [-0.1, -0.05) is 36.4 Å². The number of ether oxygens (including phenoxy) is 2. The van der Waals surface area contributed by atoms with E-state index in [0.717, 1.165) is 5.56 Å². The lowest BCUT2D eigenvalue weighted by Crippen LogP contribution is -2.45. The Morgan fingerprint density at radius 3 is 2.41 bits per heavy atom. The minimum Gasteiger partial charge on any atom is -0.493 e. The molecule has 1 heterocycles. The van der Waals surface area contributed by atoms with Gasteiger partial charge in [0.05, 0.1) is 7.11 Å². The molecule has 6 nitrogen and oxygen atoms in total. The van der Waals surface area contributed by atoms with E-state index in [1.165, 1.54) is 12.0 Å². The van der Waals surface area contributed by atoms with Gasteiger partial charge in [0, 0.05) is 13.1 Å². The van der Waals surface area contributed by atoms with Gasteiger partial charge in [0.25, 0.3) is 0 Å². The summed E-state index contributed by atoms with van der Waals surface area (Å²) in [5.74, 6) is 0.640. The van der Waals surface area contributed by atoms with Crippen LogP contribution in [0.25, 0.3) is 0 Å². The number of hydrogen-bond acceptors (Lipinski definition) is 4. The van der Waals surface area contributed by atoms with E-state index in [4.69, 9.17) is 9.47 Å². The number of methoxy groups -OCH3 is 1. The summed E-state index contributed by atoms with van der Waals surface area (Å²) in [6.45, 7) is 0.0429. The number of amides is 1. The van der Waals surface area contributed by atoms with E-state index in [1.807, 2.05) is 30.3 Å². The van der Waals surface area contributed by atoms with Gasteiger partial charge in [0.2, 0.25) is 0 Å². The van der Waals surface area contributed by atoms with Crippen molar-refractivity contribution < 1.29 is 28.9 Å². The first-order valence-electron chi connectivity index (χ1n) is 9.63. The number of benzene rings is 2. The molecule has 2 N–H and O–H groups in total. The molecule has 1 aliphatic heterocycles. The molecule has 156 valence electrons. The topological polar surface area (TPSA) is 79.2 Å². The average molecular weight is 403 g/mol. The molecule has 1 fully saturated rings. The Hall–Kier alpha value is -2.80. The molecule has 7 heteroatoms. The molecular weight excluding hydrogens is 377 g/mol. The second kappa shape index (κ2) is 9.13. The summed E-state index contributed by atoms with van der Waals surface area (Å²) in [7, 11) is 1.49. The minimum atomic E-state index is -1.32. The van der Waals surface area contributed by atoms with Crippen LogP contribution in [0.3, 0.4) is 0 Å². The highest BCUT2D eigenvalue weighted by Gasteiger charge is 2.42. The Morgan fingerprint density at radius 2 is 1.83 bits per heavy atom. The maximum absolute atomic E-state index is 12.5. The van der Waals surface area contributed by atoms with E-state index in [0.29, 0.717) is 43.0 Å². The molecule has 0 unspecified atom stereocenters. The van der Waals surface area contributed by atoms with E-state index in [-0.39, 0.29) is 12.5 Å². The van der Waals surface area contributed by atoms with Crippen molar-refractivity contribution in [1.29, 1.82) is 0 Å². The Morgan fingerprint density at radius 1 is 1.14 bits per heavy atom. The molecule has 1 saturated heterocycles. The summed E-state index contributed by atoms with van der Waals surface area (Å²) in [6.07, 6.45) is 0.114. The molecule has 0 spiro atoms. The number of hydrogen-bond donors (Lipinski definition) is 2. The number of carbonyl (C=O) groups is 1. The van der Waals surface area contributed by atoms with Crippen LogP contribution in [0.5, 0.6) is 11.5 Å². The molecule has 0 radical (unpaired) electrons. The normalized spacial score (nSPS) is 16.9. The van der Waals surface area contributed by atoms with Crippen LogP contribution in [0.15, 0.2) is 48.5 Å². The van der Waals surface area contributed by atoms with Crippen molar-refractivity contribution in [1.82, 2.24) is 4.90 Å². The number of carboxylic acid groups (broad SMARTS) is 1. The zero-order chi connectivity index (χ0) is 20.9. The summed E-state index contributed by atoms with van der Waals surface area (Å²) >= 11 is 0. The smallest absolute Gasteiger partial charge is 0.407 e. The van der Waals surface area contributed by atoms with Gasteiger partial charge in [-0.25, -0.2) is 9.18 Å². The van der Waals surface area contributed by atoms with Crippen molar-refractivity contribution in [2.45, 2.75) is 18.4 Å². The Balaban J connectivity index is 1.99. The number of halogens is 1. The SMILES string of the molecule is COc1cc([C@@](O)(c2ccccc2)C2CCN(C(=O)O)CC2)ccc1OCCF. The first kappa shape index (κ1) is 20.9. The fourth-order valence-electron chi connectivity index (χ4n) is 3.99. The molecule has 1 atom stereocenters. The predicted molar refractivity (Wildman–Crippen MR) is 106 cm³/mol. The van der Waals surface area contributed by atoms with Crippen molar-refractivity contribution in [2.75, 3.05) is 33.5 Å². The molecule has 29 heavy (non-hydrogen) atoms. The number of alkyl halides is 1. The van der Waals surface area contributed by atoms with Gasteiger partial charge in [-0.2, -0.15) is 0 Å². The number of likely N-dealkylation sites (tertiary alicyclic amines) is 1. The summed E-state index contributed by atoms with van der Waals surface area (Å²) in [6, 6.07) is 14.5. The third-order valence-corrected chi connectivity index (χ3v) is 5.51. The molecular formula is C22H26FNO5. The van der Waals surface area contributed by atoms with Crippen molar-refractivity contribution in [3.8, 4) is 11.5 Å². The highest BCUT2D eigenvalue weighted by molar-refractivity contribution is 5.65. The van der Waals surface area contributed by atoms with Crippen LogP contribution < -0.4 is 9.47 Å². The largest absolute Gasteiger partial charge is 0.493 e. The highest BCUT2D eigenvalue weighted by Crippen LogP contribution is 2.44. The van der Waals surface area contributed by atoms with Crippen LogP contribution in [-0.4, -0.2) is 54.7 Å². The molecule has 0 aliphatic carbocycles. The Labute approximate surface area is 169 Å². The highest BCUT2D eigenvalue weighted by atomic mass is 19.1. The lowest BCUT2D eigenvalue weighted by atomic mass is 9.72. The zero-order valence-electron chi connectivity index (χ0n) is 16.4. The van der Waals surface area contributed by atoms with Crippen LogP contribution in [0, 0.1) is 5.92 Å². The van der Waals surface area contributed by atoms with Gasteiger partial charge in [0.1, 0.15) is 18.9 Å². The van der Waals surface area contributed by atoms with Crippen molar-refractivity contribution in [3.63, 3.8) is 0 Å². The number of aliphatic hydroxyl groups is 1. The number of piperidine rings is 1. The average Bonchev–Trinajstić information content (AvgIpc) is 2.77. The lowest BCUT2D eigenvalue weighted by Gasteiger charge is -2.41. The lowest BCUT2D eigenvalue weighted by molar-refractivity contribution is -0.0122. The second-order valence-corrected chi connectivity index (χ2v) is 7.08. The molecule has 1 amide bonds. The van der Waals surface area contributed by atoms with Crippen molar-refractivity contribution in [3.05, 3.63) is 59.7 Å². The van der Waals surface area contributed by atoms with Crippen LogP contribution in [-0.2, 0) is 5.60 Å². The summed E-state index contributed by atoms with van der Waals surface area (Å²) in [5, 5.41) is 21.2. The summed E-state index contributed by atoms with van der Waals surface area (Å²) in [4.78, 5) is 12.6. The quantitative estimate of drug-likeness (QED) is 0.738. The maximum atomic E-state index is 12.5. The van der Waals surface area contributed by atoms with Crippen LogP contribution in [0.1, 0.15) is 24.0 Å². The van der Waals surface area contributed by atoms with Crippen molar-refractivity contribution in [2.24, 2.45) is 5.92 Å². The first-order chi connectivity index (χ1) is 14.0. The molecule has 2 aromatic rings. The Kier molecular flexibility index (Phi) is 6.59. The van der Waals surface area contributed by atoms with E-state index >= 15 is 0 Å². The minimum absolute atomic E-state index is 0.0771. The predicted octanol–water partition coefficient (Wildman–Crippen LogP) is 3.67. The van der Waals surface area contributed by atoms with E-state index < -0.39 is 18.4 Å². The van der Waals surface area contributed by atoms with Gasteiger partial charge < -0.3 is 24.6 Å². The standard InChI is InChI=1S/C22H26FNO5/c1-28-20-15-18(7-8-19(20)29-14-11-23)22(27,16-5-3-2-4-6-16)17-9-12-24(13-10-17)21(25)26/h2-8,15,17,27H,9-14H2,1H3,(H,25,26)/t22-/m1/s1. The van der Waals surface area contributed by atoms with Gasteiger partial charge in [0.15, 0.2) is 11.5 Å². The van der Waals surface area contributed by atoms with E-state index in [1.54, 1.807) is 18.2 Å². The molecule has 0 bridgehead atoms. The van der Waals surface area contributed by atoms with Crippen LogP contribution in [0.4, 0.5) is 9.18 Å². The number of rotatable bonds is 7. The van der Waals surface area contributed by atoms with Gasteiger partial charge in [-0.3, -0.25) is 0 Å². The van der Waals surface area contributed by atoms with Crippen LogP contribution >= 0.6 is 0 Å². The molecule has 1 aliphatic rings. The Bertz CT molecular complexity index is 823. The van der Waals surface area contributed by atoms with Gasteiger partial charge >= 0.3 is 6.09 Å². The molecule has 2 aromatic carbocycles. The van der Waals surface area contributed by atoms with E-state index in [9.17, 15) is 19.4 Å². The van der Waals surface area contributed by atoms with Crippen molar-refractivity contribution >= 4 is 6.09 Å². The fraction of sp³-hybridized carbons (Fsp3) is 0.409. The summed E-state index contributed by atoms with van der Waals surface area (Å²) in [5.41, 5.74) is 0.0350. The maximum Gasteiger partial charge on any atom is 0.407 e. The second-order valence-electron chi connectivity index (χ2n) is 7.08. The first-order valence-corrected chi connectivity index (χ1v) is 9.63. The van der Waals surface area contributed by atoms with Gasteiger partial charge in [-0.15, -0.1) is 0 Å². The fourth-order valence-corrected chi connectivity index (χ4v) is 3.99. The third-order valence-electron chi connectivity index (χ3n) is 5.51. The monoisotopic (exact) mass is 403 g/mol. The zero-order valence-corrected chi connectivity index (χ0v) is 16.4. The summed E-state index contributed by atoms with van der Waals surface area (Å²) < 4.78 is 23.3. The van der Waals surface area contributed by atoms with Gasteiger partial charge in [-0.05, 0) is 42.0 Å².